The molecule has 0 saturated carbocycles. The van der Waals surface area contributed by atoms with Gasteiger partial charge in [0.15, 0.2) is 0 Å². The van der Waals surface area contributed by atoms with Crippen molar-refractivity contribution < 1.29 is 4.42 Å². The van der Waals surface area contributed by atoms with Crippen LogP contribution in [-0.2, 0) is 5.41 Å². The van der Waals surface area contributed by atoms with Crippen LogP contribution in [0.15, 0.2) is 107 Å². The third-order valence-corrected chi connectivity index (χ3v) is 8.00. The second-order valence-electron chi connectivity index (χ2n) is 10.8. The highest BCUT2D eigenvalue weighted by Crippen LogP contribution is 2.53. The molecule has 5 aromatic rings. The van der Waals surface area contributed by atoms with Crippen molar-refractivity contribution in [2.45, 2.75) is 32.6 Å². The van der Waals surface area contributed by atoms with E-state index in [4.69, 9.17) is 4.42 Å². The zero-order chi connectivity index (χ0) is 24.4. The van der Waals surface area contributed by atoms with Gasteiger partial charge < -0.3 is 9.73 Å². The average Bonchev–Trinajstić information content (AvgIpc) is 3.37. The largest absolute Gasteiger partial charge is 0.455 e. The van der Waals surface area contributed by atoms with E-state index in [9.17, 15) is 0 Å². The van der Waals surface area contributed by atoms with Crippen LogP contribution >= 0.6 is 0 Å². The lowest BCUT2D eigenvalue weighted by Gasteiger charge is -2.24. The zero-order valence-corrected chi connectivity index (χ0v) is 20.9. The number of anilines is 2. The van der Waals surface area contributed by atoms with Crippen LogP contribution in [0.2, 0.25) is 0 Å². The van der Waals surface area contributed by atoms with Gasteiger partial charge in [0.25, 0.3) is 0 Å². The topological polar surface area (TPSA) is 25.2 Å². The molecule has 0 radical (unpaired) electrons. The molecule has 176 valence electrons. The minimum absolute atomic E-state index is 0.0128. The van der Waals surface area contributed by atoms with Crippen molar-refractivity contribution in [1.82, 2.24) is 0 Å². The summed E-state index contributed by atoms with van der Waals surface area (Å²) in [6.45, 7) is 7.02. The van der Waals surface area contributed by atoms with E-state index < -0.39 is 0 Å². The van der Waals surface area contributed by atoms with Crippen molar-refractivity contribution in [1.29, 1.82) is 0 Å². The predicted octanol–water partition coefficient (Wildman–Crippen LogP) is 9.64. The van der Waals surface area contributed by atoms with E-state index in [1.165, 1.54) is 28.0 Å². The standard InChI is InChI=1S/C34H29NO/c1-21-16-17-28-27(18-21)32-29(34(28,2)3)13-9-14-30(32)35-23-19-25(22-10-5-4-6-11-22)33-26(20-23)24-12-7-8-15-31(24)36-33/h4-17,19-21,35H,18H2,1-3H3. The number of hydrogen-bond acceptors (Lipinski definition) is 2. The molecule has 1 aromatic heterocycles. The Morgan fingerprint density at radius 1 is 0.861 bits per heavy atom. The molecule has 2 aliphatic rings. The lowest BCUT2D eigenvalue weighted by Crippen LogP contribution is -2.17. The van der Waals surface area contributed by atoms with Crippen molar-refractivity contribution in [2.24, 2.45) is 5.92 Å². The van der Waals surface area contributed by atoms with Gasteiger partial charge in [-0.25, -0.2) is 0 Å². The van der Waals surface area contributed by atoms with E-state index in [2.05, 4.69) is 117 Å². The van der Waals surface area contributed by atoms with Crippen molar-refractivity contribution in [2.75, 3.05) is 5.32 Å². The van der Waals surface area contributed by atoms with E-state index >= 15 is 0 Å². The molecular formula is C34H29NO. The Morgan fingerprint density at radius 3 is 2.53 bits per heavy atom. The molecule has 2 nitrogen and oxygen atoms in total. The predicted molar refractivity (Wildman–Crippen MR) is 152 cm³/mol. The summed E-state index contributed by atoms with van der Waals surface area (Å²) >= 11 is 0. The first-order valence-electron chi connectivity index (χ1n) is 12.8. The molecule has 1 heterocycles. The maximum Gasteiger partial charge on any atom is 0.143 e. The highest BCUT2D eigenvalue weighted by Gasteiger charge is 2.39. The molecule has 0 spiro atoms. The van der Waals surface area contributed by atoms with Crippen LogP contribution in [-0.4, -0.2) is 0 Å². The molecule has 0 amide bonds. The summed E-state index contributed by atoms with van der Waals surface area (Å²) in [5, 5.41) is 6.13. The highest BCUT2D eigenvalue weighted by molar-refractivity contribution is 6.11. The van der Waals surface area contributed by atoms with Gasteiger partial charge in [0.1, 0.15) is 11.2 Å². The van der Waals surface area contributed by atoms with Crippen LogP contribution in [0.3, 0.4) is 0 Å². The van der Waals surface area contributed by atoms with Gasteiger partial charge in [-0.05, 0) is 58.9 Å². The summed E-state index contributed by atoms with van der Waals surface area (Å²) < 4.78 is 6.38. The van der Waals surface area contributed by atoms with Gasteiger partial charge in [0.05, 0.1) is 0 Å². The number of para-hydroxylation sites is 1. The highest BCUT2D eigenvalue weighted by atomic mass is 16.3. The van der Waals surface area contributed by atoms with Crippen LogP contribution < -0.4 is 5.32 Å². The quantitative estimate of drug-likeness (QED) is 0.286. The number of nitrogens with one attached hydrogen (secondary N) is 1. The summed E-state index contributed by atoms with van der Waals surface area (Å²) in [6, 6.07) is 30.1. The van der Waals surface area contributed by atoms with Gasteiger partial charge in [-0.2, -0.15) is 0 Å². The van der Waals surface area contributed by atoms with E-state index in [0.29, 0.717) is 5.92 Å². The molecule has 0 saturated heterocycles. The molecule has 4 aromatic carbocycles. The minimum atomic E-state index is 0.0128. The van der Waals surface area contributed by atoms with Gasteiger partial charge in [0.2, 0.25) is 0 Å². The summed E-state index contributed by atoms with van der Waals surface area (Å²) in [7, 11) is 0. The molecule has 36 heavy (non-hydrogen) atoms. The molecule has 7 rings (SSSR count). The minimum Gasteiger partial charge on any atom is -0.455 e. The fourth-order valence-corrected chi connectivity index (χ4v) is 6.22. The van der Waals surface area contributed by atoms with E-state index in [1.807, 2.05) is 6.07 Å². The summed E-state index contributed by atoms with van der Waals surface area (Å²) in [5.74, 6) is 0.553. The first-order valence-corrected chi connectivity index (χ1v) is 12.8. The second kappa shape index (κ2) is 7.73. The summed E-state index contributed by atoms with van der Waals surface area (Å²) in [5.41, 5.74) is 12.1. The maximum atomic E-state index is 6.38. The number of hydrogen-bond donors (Lipinski definition) is 1. The molecule has 0 bridgehead atoms. The first kappa shape index (κ1) is 21.3. The Kier molecular flexibility index (Phi) is 4.56. The van der Waals surface area contributed by atoms with Crippen LogP contribution in [0.1, 0.15) is 38.3 Å². The number of allylic oxidation sites excluding steroid dienone is 4. The lowest BCUT2D eigenvalue weighted by atomic mass is 9.79. The second-order valence-corrected chi connectivity index (χ2v) is 10.8. The van der Waals surface area contributed by atoms with Crippen molar-refractivity contribution in [3.05, 3.63) is 114 Å². The summed E-state index contributed by atoms with van der Waals surface area (Å²) in [4.78, 5) is 0. The average molecular weight is 468 g/mol. The Bertz CT molecular complexity index is 1720. The number of benzene rings is 4. The molecule has 2 aliphatic carbocycles. The zero-order valence-electron chi connectivity index (χ0n) is 20.9. The fourth-order valence-electron chi connectivity index (χ4n) is 6.22. The van der Waals surface area contributed by atoms with Gasteiger partial charge in [0, 0.05) is 38.7 Å². The van der Waals surface area contributed by atoms with Gasteiger partial charge in [-0.15, -0.1) is 0 Å². The molecule has 1 N–H and O–H groups in total. The van der Waals surface area contributed by atoms with Gasteiger partial charge in [-0.3, -0.25) is 0 Å². The van der Waals surface area contributed by atoms with Crippen molar-refractivity contribution >= 4 is 38.9 Å². The van der Waals surface area contributed by atoms with E-state index in [-0.39, 0.29) is 5.41 Å². The van der Waals surface area contributed by atoms with E-state index in [0.717, 1.165) is 45.2 Å². The monoisotopic (exact) mass is 467 g/mol. The Hall–Kier alpha value is -4.04. The first-order chi connectivity index (χ1) is 17.5. The van der Waals surface area contributed by atoms with Crippen molar-refractivity contribution in [3.8, 4) is 11.1 Å². The molecule has 0 aliphatic heterocycles. The van der Waals surface area contributed by atoms with Crippen molar-refractivity contribution in [3.63, 3.8) is 0 Å². The lowest BCUT2D eigenvalue weighted by molar-refractivity contribution is 0.643. The number of furan rings is 1. The molecular weight excluding hydrogens is 438 g/mol. The third kappa shape index (κ3) is 3.10. The van der Waals surface area contributed by atoms with Crippen LogP contribution in [0.25, 0.3) is 38.6 Å². The molecule has 0 fully saturated rings. The number of rotatable bonds is 3. The Morgan fingerprint density at radius 2 is 1.67 bits per heavy atom. The van der Waals surface area contributed by atoms with Gasteiger partial charge in [-0.1, -0.05) is 93.6 Å². The Labute approximate surface area is 212 Å². The third-order valence-electron chi connectivity index (χ3n) is 8.00. The Balaban J connectivity index is 1.43. The maximum absolute atomic E-state index is 6.38. The van der Waals surface area contributed by atoms with Crippen LogP contribution in [0.5, 0.6) is 0 Å². The molecule has 2 heteroatoms. The SMILES string of the molecule is CC1C=CC2=C(C1)c1c(Nc3cc(-c4ccccc4)c4oc5ccccc5c4c3)cccc1C2(C)C. The normalized spacial score (nSPS) is 18.0. The van der Waals surface area contributed by atoms with Crippen LogP contribution in [0.4, 0.5) is 11.4 Å². The summed E-state index contributed by atoms with van der Waals surface area (Å²) in [6.07, 6.45) is 5.82. The number of fused-ring (bicyclic) bond motifs is 5. The fraction of sp³-hybridized carbons (Fsp3) is 0.176. The van der Waals surface area contributed by atoms with Gasteiger partial charge >= 0.3 is 0 Å². The van der Waals surface area contributed by atoms with E-state index in [1.54, 1.807) is 0 Å². The molecule has 1 unspecified atom stereocenters. The smallest absolute Gasteiger partial charge is 0.143 e. The molecule has 1 atom stereocenters. The van der Waals surface area contributed by atoms with Crippen LogP contribution in [0, 0.1) is 5.92 Å².